The van der Waals surface area contributed by atoms with Gasteiger partial charge in [0, 0.05) is 11.8 Å². The zero-order chi connectivity index (χ0) is 16.9. The van der Waals surface area contributed by atoms with Crippen molar-refractivity contribution in [3.63, 3.8) is 0 Å². The number of carbonyl (C=O) groups is 1. The van der Waals surface area contributed by atoms with Gasteiger partial charge in [0.05, 0.1) is 23.7 Å². The van der Waals surface area contributed by atoms with Crippen molar-refractivity contribution in [2.24, 2.45) is 0 Å². The first-order valence-electron chi connectivity index (χ1n) is 8.98. The Kier molecular flexibility index (Phi) is 5.28. The Morgan fingerprint density at radius 3 is 2.67 bits per heavy atom. The summed E-state index contributed by atoms with van der Waals surface area (Å²) in [7, 11) is 0. The highest BCUT2D eigenvalue weighted by Gasteiger charge is 2.21. The fourth-order valence-corrected chi connectivity index (χ4v) is 3.41. The van der Waals surface area contributed by atoms with E-state index in [0.29, 0.717) is 18.4 Å². The minimum absolute atomic E-state index is 0.0152. The van der Waals surface area contributed by atoms with Crippen molar-refractivity contribution in [1.82, 2.24) is 15.1 Å². The summed E-state index contributed by atoms with van der Waals surface area (Å²) in [5.74, 6) is 0.0429. The minimum atomic E-state index is -0.0152. The summed E-state index contributed by atoms with van der Waals surface area (Å²) in [5, 5.41) is 9.10. The lowest BCUT2D eigenvalue weighted by Gasteiger charge is -2.16. The molecular weight excluding hydrogens is 302 g/mol. The summed E-state index contributed by atoms with van der Waals surface area (Å²) in [5.41, 5.74) is 0.764. The van der Waals surface area contributed by atoms with Crippen LogP contribution in [-0.4, -0.2) is 15.7 Å². The maximum absolute atomic E-state index is 12.8. The van der Waals surface area contributed by atoms with Crippen LogP contribution >= 0.6 is 0 Å². The van der Waals surface area contributed by atoms with Crippen molar-refractivity contribution in [1.29, 1.82) is 0 Å². The SMILES string of the molecule is CCCCC(=O)NCc1nn(C2CCCC2)c(=O)c2ccccc12. The fraction of sp³-hybridized carbons (Fsp3) is 0.526. The second-order valence-electron chi connectivity index (χ2n) is 6.56. The summed E-state index contributed by atoms with van der Waals surface area (Å²) >= 11 is 0. The van der Waals surface area contributed by atoms with Gasteiger partial charge in [0.2, 0.25) is 5.91 Å². The third-order valence-corrected chi connectivity index (χ3v) is 4.79. The third kappa shape index (κ3) is 3.50. The van der Waals surface area contributed by atoms with E-state index in [-0.39, 0.29) is 17.5 Å². The van der Waals surface area contributed by atoms with E-state index in [0.717, 1.165) is 49.6 Å². The molecule has 1 aromatic carbocycles. The predicted molar refractivity (Wildman–Crippen MR) is 94.9 cm³/mol. The largest absolute Gasteiger partial charge is 0.350 e. The van der Waals surface area contributed by atoms with E-state index in [2.05, 4.69) is 17.3 Å². The molecule has 3 rings (SSSR count). The molecule has 128 valence electrons. The predicted octanol–water partition coefficient (Wildman–Crippen LogP) is 3.32. The normalized spacial score (nSPS) is 15.0. The summed E-state index contributed by atoms with van der Waals surface area (Å²) in [4.78, 5) is 24.7. The van der Waals surface area contributed by atoms with E-state index in [1.807, 2.05) is 24.3 Å². The van der Waals surface area contributed by atoms with E-state index in [9.17, 15) is 9.59 Å². The van der Waals surface area contributed by atoms with Crippen LogP contribution < -0.4 is 10.9 Å². The molecular formula is C19H25N3O2. The molecule has 1 amide bonds. The second-order valence-corrected chi connectivity index (χ2v) is 6.56. The van der Waals surface area contributed by atoms with Crippen molar-refractivity contribution in [3.8, 4) is 0 Å². The number of nitrogens with one attached hydrogen (secondary N) is 1. The molecule has 0 unspecified atom stereocenters. The molecule has 24 heavy (non-hydrogen) atoms. The molecule has 1 fully saturated rings. The second kappa shape index (κ2) is 7.60. The van der Waals surface area contributed by atoms with Crippen molar-refractivity contribution < 1.29 is 4.79 Å². The molecule has 0 saturated heterocycles. The smallest absolute Gasteiger partial charge is 0.274 e. The zero-order valence-electron chi connectivity index (χ0n) is 14.3. The highest BCUT2D eigenvalue weighted by Crippen LogP contribution is 2.28. The molecule has 1 aliphatic rings. The Morgan fingerprint density at radius 1 is 1.25 bits per heavy atom. The standard InChI is InChI=1S/C19H25N3O2/c1-2-3-12-18(23)20-13-17-15-10-6-7-11-16(15)19(24)22(21-17)14-8-4-5-9-14/h6-7,10-11,14H,2-5,8-9,12-13H2,1H3,(H,20,23). The highest BCUT2D eigenvalue weighted by molar-refractivity contribution is 5.84. The van der Waals surface area contributed by atoms with Gasteiger partial charge in [-0.3, -0.25) is 9.59 Å². The van der Waals surface area contributed by atoms with Crippen LogP contribution in [0.15, 0.2) is 29.1 Å². The minimum Gasteiger partial charge on any atom is -0.350 e. The van der Waals surface area contributed by atoms with Crippen LogP contribution in [0.5, 0.6) is 0 Å². The molecule has 5 nitrogen and oxygen atoms in total. The van der Waals surface area contributed by atoms with Gasteiger partial charge in [0.1, 0.15) is 0 Å². The van der Waals surface area contributed by atoms with Crippen molar-refractivity contribution in [3.05, 3.63) is 40.3 Å². The molecule has 1 saturated carbocycles. The van der Waals surface area contributed by atoms with E-state index in [1.54, 1.807) is 4.68 Å². The molecule has 0 radical (unpaired) electrons. The maximum Gasteiger partial charge on any atom is 0.274 e. The number of aromatic nitrogens is 2. The van der Waals surface area contributed by atoms with Crippen LogP contribution in [0.2, 0.25) is 0 Å². The number of fused-ring (bicyclic) bond motifs is 1. The van der Waals surface area contributed by atoms with Gasteiger partial charge in [-0.25, -0.2) is 4.68 Å². The molecule has 5 heteroatoms. The Hall–Kier alpha value is -2.17. The Labute approximate surface area is 142 Å². The van der Waals surface area contributed by atoms with Gasteiger partial charge in [0.25, 0.3) is 5.56 Å². The van der Waals surface area contributed by atoms with Gasteiger partial charge in [-0.05, 0) is 25.3 Å². The van der Waals surface area contributed by atoms with Gasteiger partial charge < -0.3 is 5.32 Å². The van der Waals surface area contributed by atoms with Crippen LogP contribution in [0, 0.1) is 0 Å². The van der Waals surface area contributed by atoms with Crippen LogP contribution in [0.25, 0.3) is 10.8 Å². The molecule has 2 aromatic rings. The molecule has 0 atom stereocenters. The number of rotatable bonds is 6. The summed E-state index contributed by atoms with van der Waals surface area (Å²) in [6.45, 7) is 2.44. The highest BCUT2D eigenvalue weighted by atomic mass is 16.1. The van der Waals surface area contributed by atoms with Crippen molar-refractivity contribution >= 4 is 16.7 Å². The topological polar surface area (TPSA) is 64.0 Å². The Balaban J connectivity index is 1.92. The van der Waals surface area contributed by atoms with E-state index >= 15 is 0 Å². The van der Waals surface area contributed by atoms with Crippen LogP contribution in [0.3, 0.4) is 0 Å². The van der Waals surface area contributed by atoms with E-state index < -0.39 is 0 Å². The average Bonchev–Trinajstić information content (AvgIpc) is 3.14. The van der Waals surface area contributed by atoms with Gasteiger partial charge in [-0.15, -0.1) is 0 Å². The number of carbonyl (C=O) groups excluding carboxylic acids is 1. The van der Waals surface area contributed by atoms with Gasteiger partial charge >= 0.3 is 0 Å². The van der Waals surface area contributed by atoms with E-state index in [4.69, 9.17) is 0 Å². The lowest BCUT2D eigenvalue weighted by atomic mass is 10.1. The third-order valence-electron chi connectivity index (χ3n) is 4.79. The Morgan fingerprint density at radius 2 is 1.96 bits per heavy atom. The number of unbranched alkanes of at least 4 members (excludes halogenated alkanes) is 1. The average molecular weight is 327 g/mol. The monoisotopic (exact) mass is 327 g/mol. The summed E-state index contributed by atoms with van der Waals surface area (Å²) in [6.07, 6.45) is 6.74. The molecule has 1 N–H and O–H groups in total. The van der Waals surface area contributed by atoms with Gasteiger partial charge in [-0.2, -0.15) is 5.10 Å². The lowest BCUT2D eigenvalue weighted by Crippen LogP contribution is -2.30. The first-order chi connectivity index (χ1) is 11.7. The van der Waals surface area contributed by atoms with Crippen LogP contribution in [-0.2, 0) is 11.3 Å². The summed E-state index contributed by atoms with van der Waals surface area (Å²) in [6, 6.07) is 7.75. The molecule has 1 aliphatic carbocycles. The van der Waals surface area contributed by atoms with Gasteiger partial charge in [-0.1, -0.05) is 44.4 Å². The number of amides is 1. The number of benzene rings is 1. The Bertz CT molecular complexity index is 776. The fourth-order valence-electron chi connectivity index (χ4n) is 3.41. The molecule has 1 heterocycles. The van der Waals surface area contributed by atoms with Crippen molar-refractivity contribution in [2.45, 2.75) is 64.5 Å². The first kappa shape index (κ1) is 16.7. The maximum atomic E-state index is 12.8. The van der Waals surface area contributed by atoms with Crippen LogP contribution in [0.4, 0.5) is 0 Å². The number of hydrogen-bond acceptors (Lipinski definition) is 3. The molecule has 0 bridgehead atoms. The van der Waals surface area contributed by atoms with Crippen LogP contribution in [0.1, 0.15) is 63.6 Å². The van der Waals surface area contributed by atoms with Crippen molar-refractivity contribution in [2.75, 3.05) is 0 Å². The summed E-state index contributed by atoms with van der Waals surface area (Å²) < 4.78 is 1.66. The quantitative estimate of drug-likeness (QED) is 0.885. The molecule has 1 aromatic heterocycles. The number of nitrogens with zero attached hydrogens (tertiary/aromatic N) is 2. The van der Waals surface area contributed by atoms with E-state index in [1.165, 1.54) is 0 Å². The zero-order valence-corrected chi connectivity index (χ0v) is 14.3. The van der Waals surface area contributed by atoms with Gasteiger partial charge in [0.15, 0.2) is 0 Å². The lowest BCUT2D eigenvalue weighted by molar-refractivity contribution is -0.121. The molecule has 0 aliphatic heterocycles. The molecule has 0 spiro atoms. The first-order valence-corrected chi connectivity index (χ1v) is 8.98. The number of hydrogen-bond donors (Lipinski definition) is 1.